The van der Waals surface area contributed by atoms with Gasteiger partial charge in [0.15, 0.2) is 5.78 Å². The van der Waals surface area contributed by atoms with Gasteiger partial charge in [-0.15, -0.1) is 0 Å². The quantitative estimate of drug-likeness (QED) is 0.771. The molecule has 0 radical (unpaired) electrons. The maximum atomic E-state index is 12.8. The van der Waals surface area contributed by atoms with E-state index in [0.717, 1.165) is 29.8 Å². The van der Waals surface area contributed by atoms with E-state index in [9.17, 15) is 4.79 Å². The first-order valence-electron chi connectivity index (χ1n) is 7.29. The van der Waals surface area contributed by atoms with E-state index >= 15 is 0 Å². The minimum Gasteiger partial charge on any atom is -0.292 e. The lowest BCUT2D eigenvalue weighted by Crippen LogP contribution is -2.52. The van der Waals surface area contributed by atoms with Crippen LogP contribution in [0.2, 0.25) is 0 Å². The topological polar surface area (TPSA) is 20.3 Å². The van der Waals surface area contributed by atoms with E-state index in [1.54, 1.807) is 0 Å². The van der Waals surface area contributed by atoms with Crippen LogP contribution in [0, 0.1) is 13.8 Å². The summed E-state index contributed by atoms with van der Waals surface area (Å²) in [5.74, 6) is 0.251. The van der Waals surface area contributed by atoms with Crippen molar-refractivity contribution in [2.75, 3.05) is 13.1 Å². The largest absolute Gasteiger partial charge is 0.292 e. The number of hydrogen-bond donors (Lipinski definition) is 0. The van der Waals surface area contributed by atoms with Crippen molar-refractivity contribution in [3.8, 4) is 0 Å². The smallest absolute Gasteiger partial charge is 0.182 e. The first-order chi connectivity index (χ1) is 8.91. The number of rotatable bonds is 3. The number of benzene rings is 1. The number of likely N-dealkylation sites (tertiary alicyclic amines) is 1. The van der Waals surface area contributed by atoms with Crippen molar-refractivity contribution in [3.05, 3.63) is 34.9 Å². The lowest BCUT2D eigenvalue weighted by atomic mass is 9.88. The Morgan fingerprint density at radius 3 is 2.05 bits per heavy atom. The van der Waals surface area contributed by atoms with Gasteiger partial charge in [-0.25, -0.2) is 0 Å². The van der Waals surface area contributed by atoms with E-state index in [2.05, 4.69) is 38.7 Å². The van der Waals surface area contributed by atoms with Gasteiger partial charge in [0, 0.05) is 5.56 Å². The van der Waals surface area contributed by atoms with E-state index in [0.29, 0.717) is 0 Å². The van der Waals surface area contributed by atoms with Crippen molar-refractivity contribution in [1.82, 2.24) is 4.90 Å². The Bertz CT molecular complexity index is 450. The summed E-state index contributed by atoms with van der Waals surface area (Å²) in [6.45, 7) is 10.3. The van der Waals surface area contributed by atoms with Crippen LogP contribution < -0.4 is 0 Å². The molecule has 0 aliphatic carbocycles. The second kappa shape index (κ2) is 5.46. The molecule has 0 spiro atoms. The molecule has 0 bridgehead atoms. The summed E-state index contributed by atoms with van der Waals surface area (Å²) in [5.41, 5.74) is 2.80. The molecule has 0 atom stereocenters. The highest BCUT2D eigenvalue weighted by molar-refractivity contribution is 6.03. The van der Waals surface area contributed by atoms with Gasteiger partial charge in [-0.1, -0.05) is 23.6 Å². The number of carbonyl (C=O) groups excluding carboxylic acids is 1. The first kappa shape index (κ1) is 14.3. The molecule has 0 aromatic heterocycles. The second-order valence-corrected chi connectivity index (χ2v) is 6.31. The van der Waals surface area contributed by atoms with Crippen LogP contribution in [0.4, 0.5) is 0 Å². The molecule has 1 heterocycles. The zero-order valence-corrected chi connectivity index (χ0v) is 12.6. The summed E-state index contributed by atoms with van der Waals surface area (Å²) in [4.78, 5) is 15.2. The number of aryl methyl sites for hydroxylation is 2. The highest BCUT2D eigenvalue weighted by atomic mass is 16.1. The van der Waals surface area contributed by atoms with Gasteiger partial charge >= 0.3 is 0 Å². The number of ketones is 1. The van der Waals surface area contributed by atoms with Crippen LogP contribution in [0.1, 0.15) is 54.6 Å². The Morgan fingerprint density at radius 1 is 1.00 bits per heavy atom. The van der Waals surface area contributed by atoms with Gasteiger partial charge in [-0.2, -0.15) is 0 Å². The Hall–Kier alpha value is -1.15. The average molecular weight is 259 g/mol. The van der Waals surface area contributed by atoms with Crippen LogP contribution in [0.3, 0.4) is 0 Å². The highest BCUT2D eigenvalue weighted by Gasteiger charge is 2.35. The van der Waals surface area contributed by atoms with Gasteiger partial charge in [-0.05, 0) is 65.8 Å². The summed E-state index contributed by atoms with van der Waals surface area (Å²) >= 11 is 0. The standard InChI is InChI=1S/C17H25NO/c1-13-10-14(2)12-15(11-13)16(19)17(3,4)18-8-6-5-7-9-18/h10-12H,5-9H2,1-4H3. The molecule has 0 unspecified atom stereocenters. The molecule has 1 fully saturated rings. The van der Waals surface area contributed by atoms with Gasteiger partial charge in [0.1, 0.15) is 0 Å². The third-order valence-electron chi connectivity index (χ3n) is 4.19. The number of piperidine rings is 1. The lowest BCUT2D eigenvalue weighted by Gasteiger charge is -2.39. The van der Waals surface area contributed by atoms with Gasteiger partial charge in [0.2, 0.25) is 0 Å². The molecule has 1 saturated heterocycles. The van der Waals surface area contributed by atoms with Crippen LogP contribution >= 0.6 is 0 Å². The lowest BCUT2D eigenvalue weighted by molar-refractivity contribution is 0.0579. The van der Waals surface area contributed by atoms with Gasteiger partial charge in [0.05, 0.1) is 5.54 Å². The zero-order valence-electron chi connectivity index (χ0n) is 12.6. The summed E-state index contributed by atoms with van der Waals surface area (Å²) in [6, 6.07) is 6.15. The van der Waals surface area contributed by atoms with Crippen molar-refractivity contribution in [2.24, 2.45) is 0 Å². The zero-order chi connectivity index (χ0) is 14.0. The molecule has 104 valence electrons. The average Bonchev–Trinajstić information content (AvgIpc) is 2.37. The Balaban J connectivity index is 2.25. The Labute approximate surface area is 116 Å². The Morgan fingerprint density at radius 2 is 1.53 bits per heavy atom. The first-order valence-corrected chi connectivity index (χ1v) is 7.29. The van der Waals surface area contributed by atoms with Crippen LogP contribution in [-0.2, 0) is 0 Å². The second-order valence-electron chi connectivity index (χ2n) is 6.31. The maximum absolute atomic E-state index is 12.8. The molecule has 0 N–H and O–H groups in total. The number of Topliss-reactive ketones (excluding diaryl/α,β-unsaturated/α-hetero) is 1. The van der Waals surface area contributed by atoms with Gasteiger partial charge in [0.25, 0.3) is 0 Å². The molecule has 1 aliphatic rings. The summed E-state index contributed by atoms with van der Waals surface area (Å²) in [6.07, 6.45) is 3.72. The molecular weight excluding hydrogens is 234 g/mol. The predicted molar refractivity (Wildman–Crippen MR) is 79.7 cm³/mol. The highest BCUT2D eigenvalue weighted by Crippen LogP contribution is 2.25. The summed E-state index contributed by atoms with van der Waals surface area (Å²) in [7, 11) is 0. The van der Waals surface area contributed by atoms with Crippen molar-refractivity contribution < 1.29 is 4.79 Å². The van der Waals surface area contributed by atoms with Crippen molar-refractivity contribution in [2.45, 2.75) is 52.5 Å². The van der Waals surface area contributed by atoms with Gasteiger partial charge in [-0.3, -0.25) is 9.69 Å². The van der Waals surface area contributed by atoms with Crippen LogP contribution in [-0.4, -0.2) is 29.3 Å². The number of carbonyl (C=O) groups is 1. The van der Waals surface area contributed by atoms with Crippen molar-refractivity contribution in [1.29, 1.82) is 0 Å². The SMILES string of the molecule is Cc1cc(C)cc(C(=O)C(C)(C)N2CCCCC2)c1. The maximum Gasteiger partial charge on any atom is 0.182 e. The normalized spacial score (nSPS) is 17.5. The molecule has 0 amide bonds. The molecule has 1 aromatic rings. The summed E-state index contributed by atoms with van der Waals surface area (Å²) < 4.78 is 0. The number of hydrogen-bond acceptors (Lipinski definition) is 2. The third kappa shape index (κ3) is 3.06. The fourth-order valence-electron chi connectivity index (χ4n) is 3.06. The van der Waals surface area contributed by atoms with Crippen LogP contribution in [0.5, 0.6) is 0 Å². The third-order valence-corrected chi connectivity index (χ3v) is 4.19. The van der Waals surface area contributed by atoms with E-state index in [-0.39, 0.29) is 11.3 Å². The fraction of sp³-hybridized carbons (Fsp3) is 0.588. The van der Waals surface area contributed by atoms with Crippen molar-refractivity contribution in [3.63, 3.8) is 0 Å². The van der Waals surface area contributed by atoms with Crippen molar-refractivity contribution >= 4 is 5.78 Å². The molecule has 2 heteroatoms. The molecular formula is C17H25NO. The molecule has 0 saturated carbocycles. The summed E-state index contributed by atoms with van der Waals surface area (Å²) in [5, 5.41) is 0. The number of nitrogens with zero attached hydrogens (tertiary/aromatic N) is 1. The Kier molecular flexibility index (Phi) is 4.10. The molecule has 1 aliphatic heterocycles. The molecule has 1 aromatic carbocycles. The van der Waals surface area contributed by atoms with E-state index < -0.39 is 0 Å². The molecule has 19 heavy (non-hydrogen) atoms. The minimum absolute atomic E-state index is 0.251. The van der Waals surface area contributed by atoms with E-state index in [1.165, 1.54) is 19.3 Å². The van der Waals surface area contributed by atoms with Gasteiger partial charge < -0.3 is 0 Å². The fourth-order valence-corrected chi connectivity index (χ4v) is 3.06. The van der Waals surface area contributed by atoms with Crippen LogP contribution in [0.25, 0.3) is 0 Å². The molecule has 2 rings (SSSR count). The predicted octanol–water partition coefficient (Wildman–Crippen LogP) is 3.75. The monoisotopic (exact) mass is 259 g/mol. The van der Waals surface area contributed by atoms with E-state index in [1.807, 2.05) is 12.1 Å². The molecule has 2 nitrogen and oxygen atoms in total. The minimum atomic E-state index is -0.388. The van der Waals surface area contributed by atoms with Crippen LogP contribution in [0.15, 0.2) is 18.2 Å². The van der Waals surface area contributed by atoms with E-state index in [4.69, 9.17) is 0 Å².